The smallest absolute Gasteiger partial charge is 0.266 e. The fourth-order valence-electron chi connectivity index (χ4n) is 4.66. The molecule has 0 unspecified atom stereocenters. The second-order valence-electron chi connectivity index (χ2n) is 8.34. The van der Waals surface area contributed by atoms with Crippen LogP contribution in [0.2, 0.25) is 0 Å². The number of aromatic nitrogens is 2. The molecule has 2 heterocycles. The maximum Gasteiger partial charge on any atom is 0.266 e. The molecule has 2 fully saturated rings. The number of rotatable bonds is 5. The van der Waals surface area contributed by atoms with Crippen molar-refractivity contribution in [2.45, 2.75) is 64.0 Å². The van der Waals surface area contributed by atoms with Crippen LogP contribution in [0, 0.1) is 11.7 Å². The van der Waals surface area contributed by atoms with Gasteiger partial charge in [0, 0.05) is 24.6 Å². The molecule has 4 rings (SSSR count). The molecule has 2 aliphatic rings. The van der Waals surface area contributed by atoms with Gasteiger partial charge in [-0.25, -0.2) is 9.07 Å². The first-order chi connectivity index (χ1) is 14.1. The van der Waals surface area contributed by atoms with Crippen molar-refractivity contribution in [3.63, 3.8) is 0 Å². The minimum absolute atomic E-state index is 0.0137. The van der Waals surface area contributed by atoms with Crippen molar-refractivity contribution in [1.29, 1.82) is 0 Å². The Labute approximate surface area is 170 Å². The first-order valence-corrected chi connectivity index (χ1v) is 10.7. The van der Waals surface area contributed by atoms with Crippen LogP contribution in [0.1, 0.15) is 51.4 Å². The first kappa shape index (κ1) is 19.8. The molecule has 1 saturated heterocycles. The van der Waals surface area contributed by atoms with E-state index in [9.17, 15) is 14.0 Å². The molecule has 0 spiro atoms. The number of amides is 1. The summed E-state index contributed by atoms with van der Waals surface area (Å²) in [5, 5.41) is 4.49. The number of carbonyl (C=O) groups is 1. The van der Waals surface area contributed by atoms with Gasteiger partial charge in [0.25, 0.3) is 5.56 Å². The molecule has 154 valence electrons. The highest BCUT2D eigenvalue weighted by molar-refractivity contribution is 5.77. The van der Waals surface area contributed by atoms with Gasteiger partial charge in [-0.05, 0) is 61.9 Å². The lowest BCUT2D eigenvalue weighted by molar-refractivity contribution is -0.133. The van der Waals surface area contributed by atoms with Gasteiger partial charge >= 0.3 is 0 Å². The molecule has 1 atom stereocenters. The second-order valence-corrected chi connectivity index (χ2v) is 8.34. The van der Waals surface area contributed by atoms with E-state index in [1.807, 2.05) is 4.90 Å². The minimum Gasteiger partial charge on any atom is -0.338 e. The Morgan fingerprint density at radius 1 is 1.00 bits per heavy atom. The number of carbonyl (C=O) groups excluding carboxylic acids is 1. The summed E-state index contributed by atoms with van der Waals surface area (Å²) in [6, 6.07) is 9.25. The van der Waals surface area contributed by atoms with E-state index in [1.54, 1.807) is 18.2 Å². The fourth-order valence-corrected chi connectivity index (χ4v) is 4.66. The predicted octanol–water partition coefficient (Wildman–Crippen LogP) is 4.01. The molecule has 29 heavy (non-hydrogen) atoms. The average molecular weight is 397 g/mol. The molecular weight excluding hydrogens is 369 g/mol. The van der Waals surface area contributed by atoms with E-state index < -0.39 is 0 Å². The predicted molar refractivity (Wildman–Crippen MR) is 110 cm³/mol. The highest BCUT2D eigenvalue weighted by Crippen LogP contribution is 2.29. The molecule has 2 aromatic rings. The van der Waals surface area contributed by atoms with Crippen molar-refractivity contribution in [3.8, 4) is 11.3 Å². The number of hydrogen-bond donors (Lipinski definition) is 0. The third-order valence-corrected chi connectivity index (χ3v) is 6.28. The zero-order valence-corrected chi connectivity index (χ0v) is 16.7. The van der Waals surface area contributed by atoms with Crippen LogP contribution in [0.4, 0.5) is 4.39 Å². The fraction of sp³-hybridized carbons (Fsp3) is 0.522. The number of benzene rings is 1. The molecule has 0 N–H and O–H groups in total. The summed E-state index contributed by atoms with van der Waals surface area (Å²) in [4.78, 5) is 27.2. The van der Waals surface area contributed by atoms with Crippen molar-refractivity contribution in [3.05, 3.63) is 52.6 Å². The van der Waals surface area contributed by atoms with Crippen molar-refractivity contribution in [2.75, 3.05) is 6.54 Å². The van der Waals surface area contributed by atoms with Crippen molar-refractivity contribution in [2.24, 2.45) is 5.92 Å². The van der Waals surface area contributed by atoms with Crippen LogP contribution in [0.3, 0.4) is 0 Å². The summed E-state index contributed by atoms with van der Waals surface area (Å²) in [7, 11) is 0. The summed E-state index contributed by atoms with van der Waals surface area (Å²) in [5.41, 5.74) is 1.21. The van der Waals surface area contributed by atoms with Crippen LogP contribution in [0.15, 0.2) is 41.2 Å². The maximum absolute atomic E-state index is 13.2. The Balaban J connectivity index is 1.47. The minimum atomic E-state index is -0.305. The van der Waals surface area contributed by atoms with Crippen LogP contribution in [-0.4, -0.2) is 33.2 Å². The molecule has 1 aromatic heterocycles. The van der Waals surface area contributed by atoms with E-state index in [0.717, 1.165) is 37.8 Å². The first-order valence-electron chi connectivity index (χ1n) is 10.7. The topological polar surface area (TPSA) is 55.2 Å². The molecule has 1 amide bonds. The third kappa shape index (κ3) is 4.74. The molecule has 0 radical (unpaired) electrons. The normalized spacial score (nSPS) is 20.2. The van der Waals surface area contributed by atoms with E-state index in [1.165, 1.54) is 42.1 Å². The maximum atomic E-state index is 13.2. The molecule has 1 aliphatic heterocycles. The van der Waals surface area contributed by atoms with E-state index >= 15 is 0 Å². The van der Waals surface area contributed by atoms with Crippen LogP contribution in [0.5, 0.6) is 0 Å². The van der Waals surface area contributed by atoms with Crippen molar-refractivity contribution < 1.29 is 9.18 Å². The quantitative estimate of drug-likeness (QED) is 0.766. The summed E-state index contributed by atoms with van der Waals surface area (Å²) in [5.74, 6) is 0.433. The SMILES string of the molecule is O=C(CC1CCCCC1)N1CCC[C@H]1Cn1nc(-c2ccc(F)cc2)ccc1=O. The van der Waals surface area contributed by atoms with Gasteiger partial charge in [-0.15, -0.1) is 0 Å². The molecule has 6 heteroatoms. The monoisotopic (exact) mass is 397 g/mol. The summed E-state index contributed by atoms with van der Waals surface area (Å²) < 4.78 is 14.6. The Kier molecular flexibility index (Phi) is 6.07. The van der Waals surface area contributed by atoms with Gasteiger partial charge in [0.1, 0.15) is 5.82 Å². The molecule has 0 bridgehead atoms. The lowest BCUT2D eigenvalue weighted by Gasteiger charge is -2.28. The van der Waals surface area contributed by atoms with E-state index in [-0.39, 0.29) is 23.3 Å². The van der Waals surface area contributed by atoms with Crippen LogP contribution < -0.4 is 5.56 Å². The van der Waals surface area contributed by atoms with E-state index in [0.29, 0.717) is 24.6 Å². The molecule has 1 aromatic carbocycles. The van der Waals surface area contributed by atoms with Crippen LogP contribution in [-0.2, 0) is 11.3 Å². The third-order valence-electron chi connectivity index (χ3n) is 6.28. The highest BCUT2D eigenvalue weighted by atomic mass is 19.1. The van der Waals surface area contributed by atoms with Gasteiger partial charge < -0.3 is 4.90 Å². The van der Waals surface area contributed by atoms with Gasteiger partial charge in [0.05, 0.1) is 18.3 Å². The Hall–Kier alpha value is -2.50. The van der Waals surface area contributed by atoms with Crippen molar-refractivity contribution in [1.82, 2.24) is 14.7 Å². The zero-order valence-electron chi connectivity index (χ0n) is 16.7. The lowest BCUT2D eigenvalue weighted by atomic mass is 9.86. The largest absolute Gasteiger partial charge is 0.338 e. The number of halogens is 1. The van der Waals surface area contributed by atoms with E-state index in [2.05, 4.69) is 5.10 Å². The van der Waals surface area contributed by atoms with Crippen LogP contribution in [0.25, 0.3) is 11.3 Å². The van der Waals surface area contributed by atoms with Gasteiger partial charge in [-0.2, -0.15) is 5.10 Å². The zero-order chi connectivity index (χ0) is 20.2. The van der Waals surface area contributed by atoms with Gasteiger partial charge in [0.15, 0.2) is 0 Å². The lowest BCUT2D eigenvalue weighted by Crippen LogP contribution is -2.41. The number of nitrogens with zero attached hydrogens (tertiary/aromatic N) is 3. The number of likely N-dealkylation sites (tertiary alicyclic amines) is 1. The molecular formula is C23H28FN3O2. The molecule has 1 saturated carbocycles. The average Bonchev–Trinajstić information content (AvgIpc) is 3.19. The summed E-state index contributed by atoms with van der Waals surface area (Å²) >= 11 is 0. The van der Waals surface area contributed by atoms with Gasteiger partial charge in [0.2, 0.25) is 5.91 Å². The molecule has 1 aliphatic carbocycles. The Morgan fingerprint density at radius 3 is 2.52 bits per heavy atom. The van der Waals surface area contributed by atoms with E-state index in [4.69, 9.17) is 0 Å². The van der Waals surface area contributed by atoms with Gasteiger partial charge in [-0.3, -0.25) is 9.59 Å². The Morgan fingerprint density at radius 2 is 1.76 bits per heavy atom. The van der Waals surface area contributed by atoms with Gasteiger partial charge in [-0.1, -0.05) is 19.3 Å². The summed E-state index contributed by atoms with van der Waals surface area (Å²) in [6.07, 6.45) is 8.56. The Bertz CT molecular complexity index is 903. The standard InChI is InChI=1S/C23H28FN3O2/c24-19-10-8-18(9-11-19)21-12-13-22(28)27(25-21)16-20-7-4-14-26(20)23(29)15-17-5-2-1-3-6-17/h8-13,17,20H,1-7,14-16H2/t20-/m0/s1. The second kappa shape index (κ2) is 8.89. The number of hydrogen-bond acceptors (Lipinski definition) is 3. The molecule has 5 nitrogen and oxygen atoms in total. The van der Waals surface area contributed by atoms with Crippen molar-refractivity contribution >= 4 is 5.91 Å². The summed E-state index contributed by atoms with van der Waals surface area (Å²) in [6.45, 7) is 1.17. The van der Waals surface area contributed by atoms with Crippen LogP contribution >= 0.6 is 0 Å². The highest BCUT2D eigenvalue weighted by Gasteiger charge is 2.31.